The van der Waals surface area contributed by atoms with Gasteiger partial charge in [0.15, 0.2) is 5.69 Å². The number of nitrogens with zero attached hydrogens (tertiary/aromatic N) is 10. The van der Waals surface area contributed by atoms with E-state index in [0.717, 1.165) is 96.1 Å². The van der Waals surface area contributed by atoms with Gasteiger partial charge in [0.2, 0.25) is 0 Å². The molecule has 23 rings (SSSR count). The van der Waals surface area contributed by atoms with Crippen LogP contribution in [0.1, 0.15) is 195 Å². The van der Waals surface area contributed by atoms with E-state index in [0.29, 0.717) is 66.9 Å². The molecule has 0 unspecified atom stereocenters. The second-order valence-corrected chi connectivity index (χ2v) is 33.1. The van der Waals surface area contributed by atoms with Gasteiger partial charge in [-0.25, -0.2) is 22.8 Å². The summed E-state index contributed by atoms with van der Waals surface area (Å²) in [4.78, 5) is 0. The van der Waals surface area contributed by atoms with Crippen molar-refractivity contribution in [3.63, 3.8) is 0 Å². The number of imidazole rings is 5. The van der Waals surface area contributed by atoms with Gasteiger partial charge >= 0.3 is 0 Å². The normalized spacial score (nSPS) is 15.2. The first-order valence-electron chi connectivity index (χ1n) is 48.2. The van der Waals surface area contributed by atoms with Gasteiger partial charge in [0.05, 0.1) is 27.5 Å². The molecule has 0 spiro atoms. The van der Waals surface area contributed by atoms with Gasteiger partial charge in [0, 0.05) is 125 Å². The molecule has 10 heteroatoms. The van der Waals surface area contributed by atoms with Gasteiger partial charge in [-0.3, -0.25) is 0 Å². The number of para-hydroxylation sites is 5. The first-order chi connectivity index (χ1) is 62.3. The molecular weight excluding hydrogens is 1410 g/mol. The van der Waals surface area contributed by atoms with Crippen molar-refractivity contribution in [2.75, 3.05) is 0 Å². The fraction of sp³-hybridized carbons (Fsp3) is 0.236. The van der Waals surface area contributed by atoms with E-state index in [-0.39, 0.29) is 16.8 Å². The highest BCUT2D eigenvalue weighted by Crippen LogP contribution is 2.43. The molecule has 0 N–H and O–H groups in total. The Kier molecular flexibility index (Phi) is 14.5. The molecule has 0 bridgehead atoms. The number of aryl methyl sites for hydroxylation is 7. The van der Waals surface area contributed by atoms with Crippen molar-refractivity contribution in [2.24, 2.45) is 0 Å². The molecule has 0 saturated carbocycles. The summed E-state index contributed by atoms with van der Waals surface area (Å²) in [7, 11) is 0. The molecule has 0 aliphatic carbocycles. The summed E-state index contributed by atoms with van der Waals surface area (Å²) in [5.41, 5.74) is 28.3. The summed E-state index contributed by atoms with van der Waals surface area (Å²) in [5.74, 6) is 4.75. The molecule has 10 nitrogen and oxygen atoms in total. The summed E-state index contributed by atoms with van der Waals surface area (Å²) < 4.78 is 141. The molecule has 574 valence electrons. The first kappa shape index (κ1) is 58.3. The van der Waals surface area contributed by atoms with Crippen LogP contribution in [0.15, 0.2) is 262 Å². The minimum absolute atomic E-state index is 0.0366. The molecular formula is C106H105N10+5. The largest absolute Gasteiger partial charge is 0.296 e. The van der Waals surface area contributed by atoms with Crippen LogP contribution in [0.4, 0.5) is 0 Å². The van der Waals surface area contributed by atoms with Crippen LogP contribution in [0.2, 0.25) is 0 Å². The highest BCUT2D eigenvalue weighted by molar-refractivity contribution is 6.12. The van der Waals surface area contributed by atoms with Gasteiger partial charge in [-0.1, -0.05) is 256 Å². The SMILES string of the molecule is Cc1c[n+]2c(n1-c1c(C(C)C)cccc1C(C)C)-c1ccccc1C2.[2H]C([2H])([2H])c1c(-c2c(C)cccc2C)[n+]2c3ccccc3c3cccc4c3c2n1C4.[2H]C([2H])([2H])c1c[n+](-c2c(C(C)C)cccc2C(C)C)c2n1Cc1ccccc1-2.[2H]C([2H])([2H])c1c[n+]2c3ccccc3c3cccc4c3c2n1C4.[2H]C([2H])([2H])c1cccc(C([2H])([2H])[2H])c1-n1cc[n+]2c1-c1ccccc1C2. The maximum absolute atomic E-state index is 8.47. The fourth-order valence-electron chi connectivity index (χ4n) is 19.3. The number of rotatable bonds is 8. The molecule has 0 fully saturated rings. The van der Waals surface area contributed by atoms with Crippen LogP contribution in [-0.4, -0.2) is 22.8 Å². The van der Waals surface area contributed by atoms with Gasteiger partial charge in [-0.15, -0.1) is 0 Å². The van der Waals surface area contributed by atoms with Gasteiger partial charge in [-0.05, 0) is 104 Å². The Morgan fingerprint density at radius 1 is 0.362 bits per heavy atom. The highest BCUT2D eigenvalue weighted by Gasteiger charge is 2.40. The van der Waals surface area contributed by atoms with E-state index >= 15 is 0 Å². The zero-order chi connectivity index (χ0) is 92.5. The van der Waals surface area contributed by atoms with Crippen molar-refractivity contribution in [2.45, 2.75) is 167 Å². The average Bonchev–Trinajstić information content (AvgIpc) is 1.52. The Morgan fingerprint density at radius 2 is 0.836 bits per heavy atom. The van der Waals surface area contributed by atoms with E-state index in [1.165, 1.54) is 107 Å². The minimum atomic E-state index is -2.42. The highest BCUT2D eigenvalue weighted by atomic mass is 15.2. The second-order valence-electron chi connectivity index (χ2n) is 33.1. The van der Waals surface area contributed by atoms with E-state index in [1.54, 1.807) is 17.0 Å². The summed E-state index contributed by atoms with van der Waals surface area (Å²) in [5, 5.41) is 7.03. The number of pyridine rings is 2. The van der Waals surface area contributed by atoms with Gasteiger partial charge in [-0.2, -0.15) is 22.5 Å². The van der Waals surface area contributed by atoms with E-state index in [4.69, 9.17) is 20.6 Å². The second kappa shape index (κ2) is 28.8. The Labute approximate surface area is 703 Å². The van der Waals surface area contributed by atoms with Crippen LogP contribution >= 0.6 is 0 Å². The van der Waals surface area contributed by atoms with E-state index < -0.39 is 34.3 Å². The summed E-state index contributed by atoms with van der Waals surface area (Å²) >= 11 is 0. The van der Waals surface area contributed by atoms with Crippen molar-refractivity contribution >= 4 is 54.6 Å². The monoisotopic (exact) mass is 1530 g/mol. The van der Waals surface area contributed by atoms with Crippen molar-refractivity contribution in [3.8, 4) is 62.5 Å². The number of hydrogen-bond donors (Lipinski definition) is 0. The number of hydrogen-bond acceptors (Lipinski definition) is 0. The fourth-order valence-corrected chi connectivity index (χ4v) is 19.3. The summed E-state index contributed by atoms with van der Waals surface area (Å²) in [6, 6.07) is 77.9. The average molecular weight is 1530 g/mol. The molecule has 0 radical (unpaired) electrons. The van der Waals surface area contributed by atoms with E-state index in [2.05, 4.69) is 246 Å². The maximum Gasteiger partial charge on any atom is 0.296 e. The zero-order valence-electron chi connectivity index (χ0n) is 82.6. The third-order valence-electron chi connectivity index (χ3n) is 24.5. The Morgan fingerprint density at radius 3 is 1.44 bits per heavy atom. The Hall–Kier alpha value is -12.5. The molecule has 7 aromatic heterocycles. The van der Waals surface area contributed by atoms with Crippen LogP contribution in [0.3, 0.4) is 0 Å². The zero-order valence-corrected chi connectivity index (χ0v) is 67.6. The minimum Gasteiger partial charge on any atom is -0.225 e. The third-order valence-corrected chi connectivity index (χ3v) is 24.5. The van der Waals surface area contributed by atoms with Crippen molar-refractivity contribution in [1.82, 2.24) is 22.8 Å². The van der Waals surface area contributed by atoms with E-state index in [9.17, 15) is 0 Å². The van der Waals surface area contributed by atoms with Crippen LogP contribution in [0, 0.1) is 55.0 Å². The van der Waals surface area contributed by atoms with Gasteiger partial charge in [0.25, 0.3) is 28.8 Å². The lowest BCUT2D eigenvalue weighted by molar-refractivity contribution is -0.671. The molecule has 12 heterocycles. The molecule has 5 aliphatic heterocycles. The van der Waals surface area contributed by atoms with Crippen LogP contribution in [-0.2, 0) is 32.7 Å². The maximum atomic E-state index is 8.47. The van der Waals surface area contributed by atoms with Crippen molar-refractivity contribution in [1.29, 1.82) is 0 Å². The molecule has 116 heavy (non-hydrogen) atoms. The molecule has 0 atom stereocenters. The van der Waals surface area contributed by atoms with Gasteiger partial charge < -0.3 is 0 Å². The van der Waals surface area contributed by atoms with Crippen LogP contribution in [0.25, 0.3) is 117 Å². The Bertz CT molecular complexity index is 7580. The third kappa shape index (κ3) is 11.7. The lowest BCUT2D eigenvalue weighted by Gasteiger charge is -2.18. The van der Waals surface area contributed by atoms with Crippen molar-refractivity contribution < 1.29 is 43.1 Å². The first-order valence-corrected chi connectivity index (χ1v) is 40.7. The molecule has 18 aromatic rings. The van der Waals surface area contributed by atoms with Crippen molar-refractivity contribution in [3.05, 3.63) is 357 Å². The predicted molar refractivity (Wildman–Crippen MR) is 475 cm³/mol. The number of aromatic nitrogens is 10. The number of benzene rings is 11. The molecule has 5 aliphatic rings. The number of fused-ring (bicyclic) bond motifs is 15. The van der Waals surface area contributed by atoms with Crippen LogP contribution < -0.4 is 22.5 Å². The standard InChI is InChI=1S/C25H21N2.2C23H27N2.C18H17N2.C17H13N2/c1-15-8-6-9-16(2)22(15)24-17(3)26-14-18-10-7-12-20-19-11-4-5-13-21(19)27(24)25(26)23(18)20;1-15(2)19-11-8-12-20(16(3)4)22(19)25-13-17(5)24-14-18-9-6-7-10-21(18)23(24)25;1-15(2)19-11-8-12-20(16(3)4)22(19)25-17(5)13-24-14-18-9-6-7-10-21(18)23(24)25;1-13-6-5-7-14(2)17(13)20-11-10-19-12-15-8-3-4-9-16(15)18(19)20;1-11-9-19-15-8-3-2-6-13(15)14-7-4-5-12-10-18(11)17(19)16(12)14/h4-13H,14H2,1-3H3;2*6-13,15-16H,14H2,1-5H3;3-11H,12H2,1-2H3;2-9H,10H2,1H3/q5*+1/i3D3;5D3;;1D3,2D3;1D3. The molecule has 0 amide bonds. The summed E-state index contributed by atoms with van der Waals surface area (Å²) in [6.45, 7) is 16.4. The Balaban J connectivity index is 0.000000106. The quantitative estimate of drug-likeness (QED) is 0.108. The molecule has 11 aromatic carbocycles. The lowest BCUT2D eigenvalue weighted by Crippen LogP contribution is -2.34. The smallest absolute Gasteiger partial charge is 0.225 e. The summed E-state index contributed by atoms with van der Waals surface area (Å²) in [6.07, 6.45) is 9.52. The van der Waals surface area contributed by atoms with Gasteiger partial charge in [0.1, 0.15) is 115 Å². The topological polar surface area (TPSA) is 44.5 Å². The van der Waals surface area contributed by atoms with E-state index in [1.807, 2.05) is 102 Å². The lowest BCUT2D eigenvalue weighted by atomic mass is 9.92. The van der Waals surface area contributed by atoms with Crippen LogP contribution in [0.5, 0.6) is 0 Å². The predicted octanol–water partition coefficient (Wildman–Crippen LogP) is 22.8. The molecule has 0 saturated heterocycles.